The number of alkyl halides is 1. The summed E-state index contributed by atoms with van der Waals surface area (Å²) in [4.78, 5) is 21.4. The number of rotatable bonds is 7. The second kappa shape index (κ2) is 10.9. The Kier molecular flexibility index (Phi) is 8.47. The van der Waals surface area contributed by atoms with Crippen LogP contribution in [0, 0.1) is 18.3 Å². The van der Waals surface area contributed by atoms with Gasteiger partial charge in [0.2, 0.25) is 11.8 Å². The topological polar surface area (TPSA) is 54.5 Å². The third kappa shape index (κ3) is 5.08. The van der Waals surface area contributed by atoms with Gasteiger partial charge in [0, 0.05) is 37.1 Å². The summed E-state index contributed by atoms with van der Waals surface area (Å²) >= 11 is 2.15. The second-order valence-electron chi connectivity index (χ2n) is 8.82. The van der Waals surface area contributed by atoms with Crippen molar-refractivity contribution in [3.8, 4) is 5.88 Å². The third-order valence-electron chi connectivity index (χ3n) is 7.03. The van der Waals surface area contributed by atoms with E-state index in [0.717, 1.165) is 29.9 Å². The molecule has 2 fully saturated rings. The van der Waals surface area contributed by atoms with E-state index in [0.29, 0.717) is 25.4 Å². The first kappa shape index (κ1) is 24.9. The first-order valence-corrected chi connectivity index (χ1v) is 13.4. The lowest BCUT2D eigenvalue weighted by atomic mass is 9.64. The van der Waals surface area contributed by atoms with Gasteiger partial charge in [-0.3, -0.25) is 4.79 Å². The summed E-state index contributed by atoms with van der Waals surface area (Å²) in [5.74, 6) is 0.994. The molecule has 2 aromatic rings. The van der Waals surface area contributed by atoms with E-state index in [2.05, 4.69) is 75.0 Å². The van der Waals surface area contributed by atoms with Crippen molar-refractivity contribution in [1.82, 2.24) is 10.3 Å². The molecule has 0 aliphatic carbocycles. The Morgan fingerprint density at radius 2 is 1.97 bits per heavy atom. The van der Waals surface area contributed by atoms with Crippen LogP contribution in [-0.2, 0) is 11.4 Å². The lowest BCUT2D eigenvalue weighted by molar-refractivity contribution is -0.128. The molecule has 32 heavy (non-hydrogen) atoms. The van der Waals surface area contributed by atoms with E-state index in [1.165, 1.54) is 12.1 Å². The minimum absolute atomic E-state index is 0.0843. The molecule has 4 rings (SSSR count). The van der Waals surface area contributed by atoms with Gasteiger partial charge >= 0.3 is 0 Å². The zero-order chi connectivity index (χ0) is 23.3. The molecule has 3 atom stereocenters. The van der Waals surface area contributed by atoms with Crippen LogP contribution < -0.4 is 15.0 Å². The molecular weight excluding hydrogens is 512 g/mol. The van der Waals surface area contributed by atoms with E-state index in [9.17, 15) is 4.79 Å². The summed E-state index contributed by atoms with van der Waals surface area (Å²) < 4.78 is 5.99. The highest BCUT2D eigenvalue weighted by molar-refractivity contribution is 14.1. The van der Waals surface area contributed by atoms with E-state index >= 15 is 0 Å². The smallest absolute Gasteiger partial charge is 0.226 e. The van der Waals surface area contributed by atoms with Crippen LogP contribution in [0.5, 0.6) is 5.88 Å². The summed E-state index contributed by atoms with van der Waals surface area (Å²) in [6, 6.07) is 12.5. The number of amides is 1. The maximum atomic E-state index is 12.5. The monoisotopic (exact) mass is 545 g/mol. The zero-order valence-corrected chi connectivity index (χ0v) is 21.7. The van der Waals surface area contributed by atoms with Crippen molar-refractivity contribution < 1.29 is 9.53 Å². The maximum absolute atomic E-state index is 12.5. The number of hydrogen-bond acceptors (Lipinski definition) is 4. The molecule has 1 aromatic heterocycles. The van der Waals surface area contributed by atoms with E-state index in [4.69, 9.17) is 12.6 Å². The highest BCUT2D eigenvalue weighted by Crippen LogP contribution is 2.46. The van der Waals surface area contributed by atoms with Crippen LogP contribution in [0.15, 0.2) is 36.4 Å². The van der Waals surface area contributed by atoms with Gasteiger partial charge in [0.1, 0.15) is 6.61 Å². The Labute approximate surface area is 207 Å². The van der Waals surface area contributed by atoms with Crippen LogP contribution in [0.3, 0.4) is 0 Å². The Balaban J connectivity index is 0.00000141. The Morgan fingerprint density at radius 3 is 2.56 bits per heavy atom. The van der Waals surface area contributed by atoms with Crippen LogP contribution in [0.1, 0.15) is 43.0 Å². The van der Waals surface area contributed by atoms with E-state index in [1.807, 2.05) is 24.8 Å². The number of aromatic nitrogens is 1. The van der Waals surface area contributed by atoms with Crippen LogP contribution in [0.4, 0.5) is 5.69 Å². The van der Waals surface area contributed by atoms with Gasteiger partial charge in [-0.25, -0.2) is 4.98 Å². The van der Waals surface area contributed by atoms with Crippen LogP contribution in [0.2, 0.25) is 6.32 Å². The molecule has 2 aliphatic heterocycles. The molecule has 7 heteroatoms. The van der Waals surface area contributed by atoms with Crippen molar-refractivity contribution in [2.24, 2.45) is 11.3 Å². The summed E-state index contributed by atoms with van der Waals surface area (Å²) in [5, 5.41) is 2.99. The minimum atomic E-state index is -0.481. The fraction of sp³-hybridized carbons (Fsp3) is 0.520. The van der Waals surface area contributed by atoms with Gasteiger partial charge in [0.25, 0.3) is 0 Å². The van der Waals surface area contributed by atoms with E-state index < -0.39 is 5.41 Å². The highest BCUT2D eigenvalue weighted by atomic mass is 127. The molecule has 0 bridgehead atoms. The minimum Gasteiger partial charge on any atom is -0.473 e. The Morgan fingerprint density at radius 1 is 1.28 bits per heavy atom. The number of carbonyl (C=O) groups is 1. The molecule has 170 valence electrons. The summed E-state index contributed by atoms with van der Waals surface area (Å²) in [6.45, 7) is 9.48. The molecule has 2 saturated heterocycles. The lowest BCUT2D eigenvalue weighted by Crippen LogP contribution is -2.37. The number of pyridine rings is 1. The number of benzene rings is 1. The fourth-order valence-corrected chi connectivity index (χ4v) is 4.54. The molecule has 5 nitrogen and oxygen atoms in total. The molecular formula is C25H33BIN3O2. The molecule has 1 aromatic carbocycles. The Bertz CT molecular complexity index is 920. The standard InChI is InChI=1S/C24H30BN3O2.CH3I/c1-16-11-21(28-9-4-10-28)12-22(27-16)30-15-18-5-7-19(8-6-18)17(2)24(3)20(13-25)14-26-23(24)29;1-2/h5-8,11-12,17,20H,4,9-10,13-15H2,1-3H3,(H,26,29);1H3/t17?,20-,24+;/m0./s1. The number of anilines is 1. The van der Waals surface area contributed by atoms with Gasteiger partial charge in [-0.1, -0.05) is 60.1 Å². The largest absolute Gasteiger partial charge is 0.473 e. The summed E-state index contributed by atoms with van der Waals surface area (Å²) in [7, 11) is 5.94. The van der Waals surface area contributed by atoms with Crippen molar-refractivity contribution in [3.05, 3.63) is 53.2 Å². The van der Waals surface area contributed by atoms with Crippen molar-refractivity contribution in [2.45, 2.75) is 46.0 Å². The van der Waals surface area contributed by atoms with Gasteiger partial charge < -0.3 is 15.0 Å². The number of hydrogen-bond donors (Lipinski definition) is 1. The van der Waals surface area contributed by atoms with Crippen molar-refractivity contribution in [2.75, 3.05) is 29.5 Å². The average molecular weight is 545 g/mol. The lowest BCUT2D eigenvalue weighted by Gasteiger charge is -2.34. The molecule has 1 N–H and O–H groups in total. The van der Waals surface area contributed by atoms with Crippen LogP contribution >= 0.6 is 22.6 Å². The number of nitrogens with zero attached hydrogens (tertiary/aromatic N) is 2. The number of aryl methyl sites for hydroxylation is 1. The first-order chi connectivity index (χ1) is 15.4. The maximum Gasteiger partial charge on any atom is 0.226 e. The Hall–Kier alpha value is -1.77. The number of halogens is 1. The van der Waals surface area contributed by atoms with Gasteiger partial charge in [0.05, 0.1) is 13.3 Å². The van der Waals surface area contributed by atoms with Crippen molar-refractivity contribution in [3.63, 3.8) is 0 Å². The van der Waals surface area contributed by atoms with E-state index in [-0.39, 0.29) is 17.7 Å². The van der Waals surface area contributed by atoms with Crippen LogP contribution in [0.25, 0.3) is 0 Å². The molecule has 2 radical (unpaired) electrons. The van der Waals surface area contributed by atoms with E-state index in [1.54, 1.807) is 0 Å². The predicted molar refractivity (Wildman–Crippen MR) is 140 cm³/mol. The van der Waals surface area contributed by atoms with Crippen LogP contribution in [-0.4, -0.2) is 43.3 Å². The third-order valence-corrected chi connectivity index (χ3v) is 7.03. The quantitative estimate of drug-likeness (QED) is 0.312. The number of ether oxygens (including phenoxy) is 1. The summed E-state index contributed by atoms with van der Waals surface area (Å²) in [5.41, 5.74) is 3.90. The fourth-order valence-electron chi connectivity index (χ4n) is 4.54. The molecule has 0 saturated carbocycles. The SMILES string of the molecule is CI.[B]C[C@H]1CNC(=O)[C@]1(C)C(C)c1ccc(COc2cc(N3CCC3)cc(C)n2)cc1. The van der Waals surface area contributed by atoms with Crippen molar-refractivity contribution in [1.29, 1.82) is 0 Å². The molecule has 1 unspecified atom stereocenters. The number of carbonyl (C=O) groups excluding carboxylic acids is 1. The number of nitrogens with one attached hydrogen (secondary N) is 1. The normalized spacial score (nSPS) is 23.0. The summed E-state index contributed by atoms with van der Waals surface area (Å²) in [6.07, 6.45) is 1.75. The van der Waals surface area contributed by atoms with Gasteiger partial charge in [-0.05, 0) is 54.2 Å². The second-order valence-corrected chi connectivity index (χ2v) is 8.82. The van der Waals surface area contributed by atoms with Gasteiger partial charge in [-0.2, -0.15) is 0 Å². The van der Waals surface area contributed by atoms with Gasteiger partial charge in [0.15, 0.2) is 0 Å². The molecule has 1 amide bonds. The molecule has 0 spiro atoms. The predicted octanol–water partition coefficient (Wildman–Crippen LogP) is 4.67. The highest BCUT2D eigenvalue weighted by Gasteiger charge is 2.49. The molecule has 3 heterocycles. The molecule has 2 aliphatic rings. The average Bonchev–Trinajstić information content (AvgIpc) is 3.06. The van der Waals surface area contributed by atoms with Gasteiger partial charge in [-0.15, -0.1) is 0 Å². The zero-order valence-electron chi connectivity index (χ0n) is 19.5. The van der Waals surface area contributed by atoms with Crippen molar-refractivity contribution >= 4 is 42.0 Å². The first-order valence-electron chi connectivity index (χ1n) is 11.2.